The molecule has 1 aromatic heterocycles. The molecular weight excluding hydrogens is 770 g/mol. The van der Waals surface area contributed by atoms with Crippen LogP contribution < -0.4 is 4.90 Å². The minimum Gasteiger partial charge on any atom is -0.314 e. The Hall–Kier alpha value is -7.63. The molecule has 0 amide bonds. The third-order valence-corrected chi connectivity index (χ3v) is 12.3. The summed E-state index contributed by atoms with van der Waals surface area (Å²) in [5.74, 6) is 0. The van der Waals surface area contributed by atoms with Crippen molar-refractivity contribution in [1.82, 2.24) is 4.57 Å². The minimum atomic E-state index is -4.39. The molecule has 11 rings (SSSR count). The lowest BCUT2D eigenvalue weighted by molar-refractivity contribution is -0.137. The van der Waals surface area contributed by atoms with Crippen LogP contribution in [0.2, 0.25) is 0 Å². The molecule has 0 unspecified atom stereocenters. The van der Waals surface area contributed by atoms with Crippen molar-refractivity contribution in [2.75, 3.05) is 4.90 Å². The van der Waals surface area contributed by atoms with Crippen molar-refractivity contribution in [2.45, 2.75) is 19.0 Å². The van der Waals surface area contributed by atoms with E-state index in [4.69, 9.17) is 0 Å². The molecule has 10 aromatic rings. The van der Waals surface area contributed by atoms with Crippen molar-refractivity contribution >= 4 is 60.3 Å². The van der Waals surface area contributed by atoms with Gasteiger partial charge in [0.25, 0.3) is 0 Å². The zero-order chi connectivity index (χ0) is 41.8. The fraction of sp³-hybridized carbons (Fsp3) is 0.0526. The average molecular weight is 809 g/mol. The van der Waals surface area contributed by atoms with E-state index < -0.39 is 11.7 Å². The molecule has 0 spiro atoms. The summed E-state index contributed by atoms with van der Waals surface area (Å²) in [4.78, 5) is 2.37. The van der Waals surface area contributed by atoms with Crippen LogP contribution in [0.15, 0.2) is 218 Å². The van der Waals surface area contributed by atoms with Crippen molar-refractivity contribution in [3.8, 4) is 27.9 Å². The number of fused-ring (bicyclic) bond motifs is 5. The molecule has 0 bridgehead atoms. The van der Waals surface area contributed by atoms with Crippen molar-refractivity contribution < 1.29 is 13.2 Å². The predicted octanol–water partition coefficient (Wildman–Crippen LogP) is 16.3. The first-order chi connectivity index (χ1) is 30.4. The largest absolute Gasteiger partial charge is 0.416 e. The summed E-state index contributed by atoms with van der Waals surface area (Å²) in [6.45, 7) is 0. The Kier molecular flexibility index (Phi) is 9.12. The van der Waals surface area contributed by atoms with Crippen molar-refractivity contribution in [2.24, 2.45) is 0 Å². The normalized spacial score (nSPS) is 13.1. The minimum absolute atomic E-state index is 0.656. The Bertz CT molecular complexity index is 3300. The van der Waals surface area contributed by atoms with Gasteiger partial charge in [-0.25, -0.2) is 0 Å². The molecule has 0 saturated heterocycles. The first-order valence-electron chi connectivity index (χ1n) is 21.0. The second kappa shape index (κ2) is 15.1. The molecule has 0 radical (unpaired) electrons. The van der Waals surface area contributed by atoms with Gasteiger partial charge in [0.1, 0.15) is 0 Å². The van der Waals surface area contributed by atoms with E-state index in [1.165, 1.54) is 55.1 Å². The van der Waals surface area contributed by atoms with Gasteiger partial charge in [0.05, 0.1) is 16.6 Å². The van der Waals surface area contributed by atoms with Crippen LogP contribution in [0, 0.1) is 0 Å². The van der Waals surface area contributed by atoms with Crippen molar-refractivity contribution in [1.29, 1.82) is 0 Å². The Morgan fingerprint density at radius 1 is 0.403 bits per heavy atom. The van der Waals surface area contributed by atoms with Crippen LogP contribution in [-0.2, 0) is 6.18 Å². The van der Waals surface area contributed by atoms with Crippen LogP contribution in [0.1, 0.15) is 24.0 Å². The van der Waals surface area contributed by atoms with E-state index in [-0.39, 0.29) is 0 Å². The smallest absolute Gasteiger partial charge is 0.314 e. The number of aromatic nitrogens is 1. The molecule has 1 heterocycles. The SMILES string of the molecule is FC(F)(F)c1ccc(-n2c3ccccc3c3cc(C4=CC=C(N(c5ccccc5)c5ccc(-c6c7ccccc7c(-c7ccccc7)c7ccccc67)cc5)CC4)ccc32)cc1. The van der Waals surface area contributed by atoms with E-state index in [1.54, 1.807) is 12.1 Å². The summed E-state index contributed by atoms with van der Waals surface area (Å²) in [5, 5.41) is 7.06. The summed E-state index contributed by atoms with van der Waals surface area (Å²) < 4.78 is 42.3. The number of hydrogen-bond donors (Lipinski definition) is 0. The summed E-state index contributed by atoms with van der Waals surface area (Å²) in [6.07, 6.45) is 1.79. The zero-order valence-electron chi connectivity index (χ0n) is 33.6. The number of hydrogen-bond acceptors (Lipinski definition) is 1. The molecular formula is C57H39F3N2. The topological polar surface area (TPSA) is 8.17 Å². The summed E-state index contributed by atoms with van der Waals surface area (Å²) in [7, 11) is 0. The van der Waals surface area contributed by atoms with Gasteiger partial charge < -0.3 is 9.47 Å². The quantitative estimate of drug-likeness (QED) is 0.146. The van der Waals surface area contributed by atoms with Gasteiger partial charge in [0, 0.05) is 33.5 Å². The van der Waals surface area contributed by atoms with Crippen LogP contribution >= 0.6 is 0 Å². The van der Waals surface area contributed by atoms with Crippen molar-refractivity contribution in [3.63, 3.8) is 0 Å². The number of halogens is 3. The number of rotatable bonds is 7. The lowest BCUT2D eigenvalue weighted by Gasteiger charge is -2.30. The molecule has 0 atom stereocenters. The monoisotopic (exact) mass is 808 g/mol. The van der Waals surface area contributed by atoms with Gasteiger partial charge in [-0.2, -0.15) is 13.2 Å². The molecule has 5 heteroatoms. The van der Waals surface area contributed by atoms with Crippen LogP contribution in [0.25, 0.3) is 76.9 Å². The third-order valence-electron chi connectivity index (χ3n) is 12.3. The lowest BCUT2D eigenvalue weighted by Crippen LogP contribution is -2.17. The number of alkyl halides is 3. The fourth-order valence-corrected chi connectivity index (χ4v) is 9.49. The standard InChI is InChI=1S/C57H39F3N2/c58-57(59,60)42-28-34-46(35-29-42)62-53-22-12-11-17-47(53)52-37-41(27-36-54(52)62)38-23-30-44(31-24-38)61(43-15-5-2-6-16-43)45-32-25-40(26-33-45)56-50-20-9-7-18-48(50)55(39-13-3-1-4-14-39)49-19-8-10-21-51(49)56/h1-23,25-30,32-37H,24,31H2. The van der Waals surface area contributed by atoms with Crippen LogP contribution in [0.5, 0.6) is 0 Å². The Morgan fingerprint density at radius 3 is 1.48 bits per heavy atom. The second-order valence-corrected chi connectivity index (χ2v) is 15.9. The highest BCUT2D eigenvalue weighted by Crippen LogP contribution is 2.45. The summed E-state index contributed by atoms with van der Waals surface area (Å²) in [6, 6.07) is 67.8. The molecule has 298 valence electrons. The average Bonchev–Trinajstić information content (AvgIpc) is 3.65. The molecule has 0 fully saturated rings. The third kappa shape index (κ3) is 6.45. The van der Waals surface area contributed by atoms with Gasteiger partial charge >= 0.3 is 6.18 Å². The van der Waals surface area contributed by atoms with E-state index in [2.05, 4.69) is 179 Å². The summed E-state index contributed by atoms with van der Waals surface area (Å²) in [5.41, 5.74) is 12.6. The van der Waals surface area contributed by atoms with E-state index in [1.807, 2.05) is 18.2 Å². The molecule has 2 nitrogen and oxygen atoms in total. The number of para-hydroxylation sites is 2. The molecule has 1 aliphatic carbocycles. The lowest BCUT2D eigenvalue weighted by atomic mass is 9.86. The number of benzene rings is 9. The highest BCUT2D eigenvalue weighted by Gasteiger charge is 2.30. The van der Waals surface area contributed by atoms with Gasteiger partial charge in [0.2, 0.25) is 0 Å². The van der Waals surface area contributed by atoms with Gasteiger partial charge in [-0.1, -0.05) is 140 Å². The van der Waals surface area contributed by atoms with Crippen LogP contribution in [-0.4, -0.2) is 4.57 Å². The summed E-state index contributed by atoms with van der Waals surface area (Å²) >= 11 is 0. The van der Waals surface area contributed by atoms with Gasteiger partial charge in [-0.05, 0) is 141 Å². The number of allylic oxidation sites excluding steroid dienone is 4. The molecule has 0 saturated carbocycles. The maximum atomic E-state index is 13.4. The highest BCUT2D eigenvalue weighted by atomic mass is 19.4. The maximum absolute atomic E-state index is 13.4. The molecule has 1 aliphatic rings. The highest BCUT2D eigenvalue weighted by molar-refractivity contribution is 6.21. The number of nitrogens with zero attached hydrogens (tertiary/aromatic N) is 2. The Balaban J connectivity index is 0.964. The van der Waals surface area contributed by atoms with E-state index in [9.17, 15) is 13.2 Å². The Labute approximate surface area is 357 Å². The molecule has 0 aliphatic heterocycles. The molecule has 9 aromatic carbocycles. The van der Waals surface area contributed by atoms with E-state index in [0.29, 0.717) is 5.69 Å². The second-order valence-electron chi connectivity index (χ2n) is 15.9. The number of anilines is 2. The van der Waals surface area contributed by atoms with Crippen molar-refractivity contribution in [3.05, 3.63) is 229 Å². The first-order valence-corrected chi connectivity index (χ1v) is 21.0. The van der Waals surface area contributed by atoms with E-state index >= 15 is 0 Å². The predicted molar refractivity (Wildman–Crippen MR) is 252 cm³/mol. The fourth-order valence-electron chi connectivity index (χ4n) is 9.49. The van der Waals surface area contributed by atoms with Crippen LogP contribution in [0.4, 0.5) is 24.5 Å². The zero-order valence-corrected chi connectivity index (χ0v) is 33.6. The molecule has 0 N–H and O–H groups in total. The van der Waals surface area contributed by atoms with Gasteiger partial charge in [0.15, 0.2) is 0 Å². The maximum Gasteiger partial charge on any atom is 0.416 e. The Morgan fingerprint density at radius 2 is 0.903 bits per heavy atom. The van der Waals surface area contributed by atoms with E-state index in [0.717, 1.165) is 63.7 Å². The van der Waals surface area contributed by atoms with Crippen LogP contribution in [0.3, 0.4) is 0 Å². The first kappa shape index (κ1) is 37.4. The molecule has 62 heavy (non-hydrogen) atoms. The van der Waals surface area contributed by atoms with Gasteiger partial charge in [-0.3, -0.25) is 0 Å². The van der Waals surface area contributed by atoms with Gasteiger partial charge in [-0.15, -0.1) is 0 Å².